The van der Waals surface area contributed by atoms with Gasteiger partial charge in [0.2, 0.25) is 0 Å². The van der Waals surface area contributed by atoms with Crippen molar-refractivity contribution in [2.45, 2.75) is 155 Å². The van der Waals surface area contributed by atoms with E-state index in [0.717, 1.165) is 26.4 Å². The molecule has 4 aliphatic carbocycles. The zero-order valence-corrected chi connectivity index (χ0v) is 27.5. The molecule has 0 nitrogen and oxygen atoms in total. The Kier molecular flexibility index (Phi) is 6.57. The van der Waals surface area contributed by atoms with Gasteiger partial charge in [0.25, 0.3) is 0 Å². The van der Waals surface area contributed by atoms with E-state index in [0.29, 0.717) is 25.6 Å². The average Bonchev–Trinajstić information content (AvgIpc) is 2.53. The SMILES string of the molecule is CC(C)(C)[Si](C)([Si]=C(C12CC3CC(CC(C3)C1)C2)[Si](C)(C(C)(C)C)C(C)(C)C)C(C)(C)C. The fourth-order valence-electron chi connectivity index (χ4n) is 8.83. The second-order valence-corrected chi connectivity index (χ2v) is 32.9. The standard InChI is InChI=1S/C29H57Si3/c1-25(2,3)31(13,26(4,5)6)24(30-32(14,27(7,8)9)28(10,11)12)29-18-21-15-22(19-29)17-23(16-21)20-29/h21-23H,15-20H2,1-14H3. The average molecular weight is 490 g/mol. The zero-order valence-electron chi connectivity index (χ0n) is 24.5. The summed E-state index contributed by atoms with van der Waals surface area (Å²) in [5.41, 5.74) is 0.583. The molecule has 0 heterocycles. The highest BCUT2D eigenvalue weighted by molar-refractivity contribution is 7.37. The Labute approximate surface area is 206 Å². The number of rotatable bonds is 3. The molecule has 0 N–H and O–H groups in total. The largest absolute Gasteiger partial charge is 0.0939 e. The van der Waals surface area contributed by atoms with Crippen LogP contribution in [0.25, 0.3) is 0 Å². The highest BCUT2D eigenvalue weighted by atomic mass is 29.2. The maximum absolute atomic E-state index is 2.86. The molecule has 4 aliphatic rings. The van der Waals surface area contributed by atoms with Crippen LogP contribution in [0.2, 0.25) is 33.2 Å². The molecule has 185 valence electrons. The Morgan fingerprint density at radius 2 is 0.906 bits per heavy atom. The first kappa shape index (κ1) is 27.1. The number of hydrogen-bond acceptors (Lipinski definition) is 0. The molecule has 0 aromatic heterocycles. The van der Waals surface area contributed by atoms with E-state index in [1.54, 1.807) is 38.5 Å². The molecule has 4 rings (SSSR count). The third-order valence-corrected chi connectivity index (χ3v) is 35.6. The summed E-state index contributed by atoms with van der Waals surface area (Å²) in [6, 6.07) is 0. The highest BCUT2D eigenvalue weighted by Gasteiger charge is 2.62. The Bertz CT molecular complexity index is 682. The number of hydrogen-bond donors (Lipinski definition) is 0. The van der Waals surface area contributed by atoms with Crippen LogP contribution in [0, 0.1) is 23.2 Å². The Morgan fingerprint density at radius 1 is 0.594 bits per heavy atom. The van der Waals surface area contributed by atoms with Gasteiger partial charge in [-0.15, -0.1) is 0 Å². The van der Waals surface area contributed by atoms with Crippen LogP contribution in [-0.2, 0) is 0 Å². The topological polar surface area (TPSA) is 0 Å². The van der Waals surface area contributed by atoms with E-state index < -0.39 is 15.7 Å². The van der Waals surface area contributed by atoms with Crippen molar-refractivity contribution < 1.29 is 0 Å². The van der Waals surface area contributed by atoms with Gasteiger partial charge < -0.3 is 0 Å². The molecule has 3 heteroatoms. The quantitative estimate of drug-likeness (QED) is 0.346. The Morgan fingerprint density at radius 3 is 1.16 bits per heavy atom. The second-order valence-electron chi connectivity index (χ2n) is 16.9. The van der Waals surface area contributed by atoms with Gasteiger partial charge in [0.15, 0.2) is 0 Å². The van der Waals surface area contributed by atoms with Crippen molar-refractivity contribution >= 4 is 29.1 Å². The minimum atomic E-state index is -1.77. The molecular formula is C29H57Si3. The maximum Gasteiger partial charge on any atom is 0.0843 e. The third kappa shape index (κ3) is 4.10. The van der Waals surface area contributed by atoms with Gasteiger partial charge in [-0.25, -0.2) is 0 Å². The van der Waals surface area contributed by atoms with Gasteiger partial charge >= 0.3 is 0 Å². The fraction of sp³-hybridized carbons (Fsp3) is 0.966. The zero-order chi connectivity index (χ0) is 24.8. The minimum absolute atomic E-state index is 0.405. The smallest absolute Gasteiger partial charge is 0.0843 e. The van der Waals surface area contributed by atoms with Gasteiger partial charge in [-0.2, -0.15) is 0 Å². The third-order valence-electron chi connectivity index (χ3n) is 11.4. The molecule has 0 atom stereocenters. The van der Waals surface area contributed by atoms with E-state index in [1.807, 2.05) is 0 Å². The van der Waals surface area contributed by atoms with Crippen LogP contribution in [0.5, 0.6) is 0 Å². The van der Waals surface area contributed by atoms with Crippen molar-refractivity contribution in [1.82, 2.24) is 0 Å². The molecule has 0 saturated heterocycles. The van der Waals surface area contributed by atoms with Gasteiger partial charge in [0.05, 0.1) is 15.7 Å². The summed E-state index contributed by atoms with van der Waals surface area (Å²) in [7, 11) is -2.25. The Balaban J connectivity index is 2.37. The van der Waals surface area contributed by atoms with Gasteiger partial charge in [0.1, 0.15) is 0 Å². The maximum atomic E-state index is 2.86. The van der Waals surface area contributed by atoms with E-state index in [-0.39, 0.29) is 0 Å². The molecule has 4 saturated carbocycles. The summed E-state index contributed by atoms with van der Waals surface area (Å²) in [6.45, 7) is 37.0. The van der Waals surface area contributed by atoms with Crippen LogP contribution in [0.15, 0.2) is 0 Å². The molecule has 0 aromatic rings. The van der Waals surface area contributed by atoms with Gasteiger partial charge in [-0.1, -0.05) is 101 Å². The second kappa shape index (κ2) is 7.76. The summed E-state index contributed by atoms with van der Waals surface area (Å²) in [6.07, 6.45) is 9.34. The van der Waals surface area contributed by atoms with E-state index >= 15 is 0 Å². The minimum Gasteiger partial charge on any atom is -0.0939 e. The molecule has 0 aromatic carbocycles. The fourth-order valence-corrected chi connectivity index (χ4v) is 30.3. The van der Waals surface area contributed by atoms with Crippen molar-refractivity contribution in [2.75, 3.05) is 0 Å². The van der Waals surface area contributed by atoms with E-state index in [4.69, 9.17) is 0 Å². The van der Waals surface area contributed by atoms with Crippen molar-refractivity contribution in [3.05, 3.63) is 0 Å². The van der Waals surface area contributed by atoms with Gasteiger partial charge in [0, 0.05) is 8.65 Å². The first-order valence-electron chi connectivity index (χ1n) is 13.7. The predicted molar refractivity (Wildman–Crippen MR) is 153 cm³/mol. The van der Waals surface area contributed by atoms with Crippen molar-refractivity contribution in [2.24, 2.45) is 23.2 Å². The van der Waals surface area contributed by atoms with Gasteiger partial charge in [-0.05, 0) is 81.8 Å². The van der Waals surface area contributed by atoms with Crippen molar-refractivity contribution in [3.8, 4) is 0 Å². The molecule has 0 aliphatic heterocycles. The summed E-state index contributed by atoms with van der Waals surface area (Å²) in [4.78, 5) is 2.21. The molecule has 32 heavy (non-hydrogen) atoms. The lowest BCUT2D eigenvalue weighted by Gasteiger charge is -2.65. The van der Waals surface area contributed by atoms with Crippen LogP contribution in [-0.4, -0.2) is 29.1 Å². The lowest BCUT2D eigenvalue weighted by molar-refractivity contribution is -0.0103. The first-order chi connectivity index (χ1) is 14.1. The van der Waals surface area contributed by atoms with Gasteiger partial charge in [-0.3, -0.25) is 0 Å². The lowest BCUT2D eigenvalue weighted by Crippen LogP contribution is -2.68. The van der Waals surface area contributed by atoms with Crippen LogP contribution in [0.3, 0.4) is 0 Å². The van der Waals surface area contributed by atoms with E-state index in [1.165, 1.54) is 0 Å². The normalized spacial score (nSPS) is 32.6. The van der Waals surface area contributed by atoms with E-state index in [2.05, 4.69) is 101 Å². The predicted octanol–water partition coefficient (Wildman–Crippen LogP) is 9.47. The summed E-state index contributed by atoms with van der Waals surface area (Å²) in [5.74, 6) is 3.12. The molecule has 0 unspecified atom stereocenters. The molecule has 4 bridgehead atoms. The van der Waals surface area contributed by atoms with E-state index in [9.17, 15) is 0 Å². The first-order valence-corrected chi connectivity index (χ1v) is 20.7. The van der Waals surface area contributed by atoms with Crippen molar-refractivity contribution in [1.29, 1.82) is 0 Å². The molecule has 1 radical (unpaired) electrons. The molecule has 4 fully saturated rings. The summed E-state index contributed by atoms with van der Waals surface area (Å²) < 4.78 is 0. The van der Waals surface area contributed by atoms with Crippen LogP contribution in [0.1, 0.15) is 122 Å². The van der Waals surface area contributed by atoms with Crippen LogP contribution >= 0.6 is 0 Å². The summed E-state index contributed by atoms with van der Waals surface area (Å²) in [5, 5.41) is 1.68. The van der Waals surface area contributed by atoms with Crippen LogP contribution in [0.4, 0.5) is 0 Å². The molecular weight excluding hydrogens is 433 g/mol. The molecule has 0 spiro atoms. The van der Waals surface area contributed by atoms with Crippen LogP contribution < -0.4 is 0 Å². The monoisotopic (exact) mass is 489 g/mol. The Hall–Kier alpha value is 0.521. The van der Waals surface area contributed by atoms with Crippen molar-refractivity contribution in [3.63, 3.8) is 0 Å². The molecule has 0 amide bonds. The summed E-state index contributed by atoms with van der Waals surface area (Å²) >= 11 is 0. The highest BCUT2D eigenvalue weighted by Crippen LogP contribution is 2.65. The lowest BCUT2D eigenvalue weighted by atomic mass is 9.50.